The van der Waals surface area contributed by atoms with Crippen LogP contribution >= 0.6 is 0 Å². The summed E-state index contributed by atoms with van der Waals surface area (Å²) in [7, 11) is 0. The highest BCUT2D eigenvalue weighted by Crippen LogP contribution is 2.35. The molecule has 1 aliphatic rings. The van der Waals surface area contributed by atoms with Crippen LogP contribution in [0.4, 0.5) is 11.4 Å². The molecule has 6 nitrogen and oxygen atoms in total. The number of hydrogen-bond acceptors (Lipinski definition) is 5. The summed E-state index contributed by atoms with van der Waals surface area (Å²) in [6, 6.07) is 4.47. The van der Waals surface area contributed by atoms with E-state index in [0.29, 0.717) is 22.2 Å². The van der Waals surface area contributed by atoms with Gasteiger partial charge in [0.25, 0.3) is 5.69 Å². The van der Waals surface area contributed by atoms with Gasteiger partial charge in [0, 0.05) is 36.7 Å². The van der Waals surface area contributed by atoms with Gasteiger partial charge in [0.15, 0.2) is 0 Å². The van der Waals surface area contributed by atoms with Gasteiger partial charge in [-0.15, -0.1) is 0 Å². The SMILES string of the molecule is Cc1cc(=O)oc2cc(N3CCCC3)c([N+](=O)[O-])cc12. The number of nitro benzene ring substituents is 1. The maximum atomic E-state index is 11.4. The van der Waals surface area contributed by atoms with Gasteiger partial charge in [-0.1, -0.05) is 0 Å². The summed E-state index contributed by atoms with van der Waals surface area (Å²) in [6.45, 7) is 3.34. The number of fused-ring (bicyclic) bond motifs is 1. The minimum absolute atomic E-state index is 0.0661. The number of anilines is 1. The first kappa shape index (κ1) is 12.7. The summed E-state index contributed by atoms with van der Waals surface area (Å²) >= 11 is 0. The molecular weight excluding hydrogens is 260 g/mol. The molecule has 0 spiro atoms. The summed E-state index contributed by atoms with van der Waals surface area (Å²) < 4.78 is 5.17. The fourth-order valence-electron chi connectivity index (χ4n) is 2.70. The molecule has 1 aromatic heterocycles. The largest absolute Gasteiger partial charge is 0.423 e. The smallest absolute Gasteiger partial charge is 0.336 e. The first-order valence-electron chi connectivity index (χ1n) is 6.54. The molecule has 104 valence electrons. The Morgan fingerprint density at radius 2 is 1.95 bits per heavy atom. The van der Waals surface area contributed by atoms with Crippen LogP contribution in [0.15, 0.2) is 27.4 Å². The first-order chi connectivity index (χ1) is 9.56. The Morgan fingerprint density at radius 1 is 1.25 bits per heavy atom. The number of hydrogen-bond donors (Lipinski definition) is 0. The average molecular weight is 274 g/mol. The molecule has 1 aliphatic heterocycles. The van der Waals surface area contributed by atoms with Crippen molar-refractivity contribution >= 4 is 22.3 Å². The first-order valence-corrected chi connectivity index (χ1v) is 6.54. The van der Waals surface area contributed by atoms with E-state index in [2.05, 4.69) is 0 Å². The quantitative estimate of drug-likeness (QED) is 0.478. The molecule has 6 heteroatoms. The Bertz CT molecular complexity index is 745. The molecule has 0 unspecified atom stereocenters. The Balaban J connectivity index is 2.29. The molecule has 1 saturated heterocycles. The highest BCUT2D eigenvalue weighted by atomic mass is 16.6. The van der Waals surface area contributed by atoms with Crippen LogP contribution in [-0.4, -0.2) is 18.0 Å². The van der Waals surface area contributed by atoms with Gasteiger partial charge in [-0.3, -0.25) is 10.1 Å². The van der Waals surface area contributed by atoms with E-state index in [1.807, 2.05) is 4.90 Å². The van der Waals surface area contributed by atoms with Crippen molar-refractivity contribution in [1.82, 2.24) is 0 Å². The van der Waals surface area contributed by atoms with E-state index in [9.17, 15) is 14.9 Å². The maximum absolute atomic E-state index is 11.4. The predicted octanol–water partition coefficient (Wildman–Crippen LogP) is 2.61. The van der Waals surface area contributed by atoms with Crippen molar-refractivity contribution in [3.05, 3.63) is 44.3 Å². The van der Waals surface area contributed by atoms with Crippen molar-refractivity contribution in [2.24, 2.45) is 0 Å². The molecule has 0 N–H and O–H groups in total. The summed E-state index contributed by atoms with van der Waals surface area (Å²) in [6.07, 6.45) is 2.04. The van der Waals surface area contributed by atoms with Gasteiger partial charge in [0.05, 0.1) is 4.92 Å². The number of benzene rings is 1. The molecule has 0 atom stereocenters. The van der Waals surface area contributed by atoms with Crippen LogP contribution in [0.1, 0.15) is 18.4 Å². The summed E-state index contributed by atoms with van der Waals surface area (Å²) in [4.78, 5) is 24.3. The van der Waals surface area contributed by atoms with Crippen LogP contribution in [0.25, 0.3) is 11.0 Å². The fourth-order valence-corrected chi connectivity index (χ4v) is 2.70. The molecule has 1 aromatic carbocycles. The molecule has 3 rings (SSSR count). The van der Waals surface area contributed by atoms with E-state index in [0.717, 1.165) is 25.9 Å². The Hall–Kier alpha value is -2.37. The lowest BCUT2D eigenvalue weighted by Crippen LogP contribution is -2.19. The zero-order valence-corrected chi connectivity index (χ0v) is 11.1. The summed E-state index contributed by atoms with van der Waals surface area (Å²) in [5.74, 6) is 0. The van der Waals surface area contributed by atoms with Gasteiger partial charge in [-0.25, -0.2) is 4.79 Å². The standard InChI is InChI=1S/C14H14N2O4/c1-9-6-14(17)20-13-8-11(15-4-2-3-5-15)12(16(18)19)7-10(9)13/h6-8H,2-5H2,1H3. The third-order valence-electron chi connectivity index (χ3n) is 3.69. The zero-order valence-electron chi connectivity index (χ0n) is 11.1. The van der Waals surface area contributed by atoms with Gasteiger partial charge in [0.2, 0.25) is 0 Å². The predicted molar refractivity (Wildman–Crippen MR) is 75.3 cm³/mol. The van der Waals surface area contributed by atoms with Gasteiger partial charge >= 0.3 is 5.63 Å². The third kappa shape index (κ3) is 2.03. The second-order valence-electron chi connectivity index (χ2n) is 5.04. The van der Waals surface area contributed by atoms with E-state index in [4.69, 9.17) is 4.42 Å². The molecule has 1 fully saturated rings. The number of rotatable bonds is 2. The molecule has 20 heavy (non-hydrogen) atoms. The minimum Gasteiger partial charge on any atom is -0.423 e. The Morgan fingerprint density at radius 3 is 2.60 bits per heavy atom. The average Bonchev–Trinajstić information content (AvgIpc) is 2.90. The molecule has 2 aromatic rings. The van der Waals surface area contributed by atoms with Crippen LogP contribution in [0.5, 0.6) is 0 Å². The lowest BCUT2D eigenvalue weighted by molar-refractivity contribution is -0.384. The second-order valence-corrected chi connectivity index (χ2v) is 5.04. The molecule has 0 radical (unpaired) electrons. The highest BCUT2D eigenvalue weighted by Gasteiger charge is 2.24. The van der Waals surface area contributed by atoms with Crippen molar-refractivity contribution in [3.63, 3.8) is 0 Å². The van der Waals surface area contributed by atoms with E-state index in [1.165, 1.54) is 12.1 Å². The highest BCUT2D eigenvalue weighted by molar-refractivity contribution is 5.88. The second kappa shape index (κ2) is 4.63. The molecular formula is C14H14N2O4. The number of nitrogens with zero attached hydrogens (tertiary/aromatic N) is 2. The van der Waals surface area contributed by atoms with Gasteiger partial charge in [-0.05, 0) is 25.3 Å². The molecule has 0 bridgehead atoms. The Kier molecular flexibility index (Phi) is 2.93. The Labute approximate surface area is 114 Å². The monoisotopic (exact) mass is 274 g/mol. The van der Waals surface area contributed by atoms with Crippen molar-refractivity contribution in [2.45, 2.75) is 19.8 Å². The number of nitro groups is 1. The van der Waals surface area contributed by atoms with Crippen molar-refractivity contribution in [1.29, 1.82) is 0 Å². The minimum atomic E-state index is -0.434. The van der Waals surface area contributed by atoms with Crippen LogP contribution in [0.2, 0.25) is 0 Å². The van der Waals surface area contributed by atoms with E-state index in [1.54, 1.807) is 13.0 Å². The van der Waals surface area contributed by atoms with Gasteiger partial charge in [-0.2, -0.15) is 0 Å². The van der Waals surface area contributed by atoms with Gasteiger partial charge < -0.3 is 9.32 Å². The van der Waals surface area contributed by atoms with Crippen LogP contribution in [-0.2, 0) is 0 Å². The zero-order chi connectivity index (χ0) is 14.3. The topological polar surface area (TPSA) is 76.6 Å². The summed E-state index contributed by atoms with van der Waals surface area (Å²) in [5, 5.41) is 11.9. The van der Waals surface area contributed by atoms with E-state index < -0.39 is 5.63 Å². The van der Waals surface area contributed by atoms with Crippen LogP contribution in [0.3, 0.4) is 0 Å². The van der Waals surface area contributed by atoms with E-state index >= 15 is 0 Å². The van der Waals surface area contributed by atoms with Crippen LogP contribution in [0, 0.1) is 17.0 Å². The van der Waals surface area contributed by atoms with Gasteiger partial charge in [0.1, 0.15) is 11.3 Å². The normalized spacial score (nSPS) is 14.9. The van der Waals surface area contributed by atoms with E-state index in [-0.39, 0.29) is 10.6 Å². The summed E-state index contributed by atoms with van der Waals surface area (Å²) in [5.41, 5.74) is 1.26. The van der Waals surface area contributed by atoms with Crippen molar-refractivity contribution < 1.29 is 9.34 Å². The van der Waals surface area contributed by atoms with Crippen molar-refractivity contribution in [3.8, 4) is 0 Å². The van der Waals surface area contributed by atoms with Crippen LogP contribution < -0.4 is 10.5 Å². The molecule has 2 heterocycles. The lowest BCUT2D eigenvalue weighted by atomic mass is 10.1. The fraction of sp³-hybridized carbons (Fsp3) is 0.357. The third-order valence-corrected chi connectivity index (χ3v) is 3.69. The molecule has 0 aliphatic carbocycles. The number of aryl methyl sites for hydroxylation is 1. The van der Waals surface area contributed by atoms with Crippen molar-refractivity contribution in [2.75, 3.05) is 18.0 Å². The molecule has 0 saturated carbocycles. The lowest BCUT2D eigenvalue weighted by Gasteiger charge is -2.17. The maximum Gasteiger partial charge on any atom is 0.336 e. The molecule has 0 amide bonds.